The fourth-order valence-corrected chi connectivity index (χ4v) is 3.53. The Morgan fingerprint density at radius 3 is 2.41 bits per heavy atom. The van der Waals surface area contributed by atoms with Crippen LogP contribution in [0.1, 0.15) is 28.8 Å². The first-order chi connectivity index (χ1) is 14.0. The molecule has 0 aromatic heterocycles. The van der Waals surface area contributed by atoms with E-state index in [9.17, 15) is 19.5 Å². The van der Waals surface area contributed by atoms with Gasteiger partial charge in [0.2, 0.25) is 11.8 Å². The van der Waals surface area contributed by atoms with Crippen LogP contribution in [-0.2, 0) is 16.0 Å². The molecule has 0 saturated carbocycles. The second-order valence-corrected chi connectivity index (χ2v) is 6.98. The number of para-hydroxylation sites is 2. The van der Waals surface area contributed by atoms with Crippen molar-refractivity contribution < 1.29 is 24.2 Å². The number of aromatic carboxylic acids is 1. The molecule has 3 rings (SSSR count). The van der Waals surface area contributed by atoms with Crippen molar-refractivity contribution in [3.63, 3.8) is 0 Å². The zero-order valence-electron chi connectivity index (χ0n) is 16.3. The van der Waals surface area contributed by atoms with Gasteiger partial charge in [-0.3, -0.25) is 9.59 Å². The van der Waals surface area contributed by atoms with Gasteiger partial charge in [0.1, 0.15) is 5.75 Å². The third kappa shape index (κ3) is 4.93. The summed E-state index contributed by atoms with van der Waals surface area (Å²) in [6.45, 7) is 0.941. The van der Waals surface area contributed by atoms with E-state index in [-0.39, 0.29) is 29.7 Å². The number of benzene rings is 2. The van der Waals surface area contributed by atoms with E-state index < -0.39 is 5.97 Å². The normalized spacial score (nSPS) is 14.3. The van der Waals surface area contributed by atoms with Crippen LogP contribution in [0.5, 0.6) is 5.75 Å². The Morgan fingerprint density at radius 1 is 1.07 bits per heavy atom. The third-order valence-electron chi connectivity index (χ3n) is 5.17. The molecule has 2 aromatic rings. The van der Waals surface area contributed by atoms with Gasteiger partial charge in [-0.2, -0.15) is 0 Å². The number of nitrogens with one attached hydrogen (secondary N) is 1. The quantitative estimate of drug-likeness (QED) is 0.783. The molecule has 0 radical (unpaired) electrons. The maximum atomic E-state index is 12.6. The molecule has 0 aliphatic carbocycles. The summed E-state index contributed by atoms with van der Waals surface area (Å²) in [5, 5.41) is 12.2. The molecule has 2 aromatic carbocycles. The fourth-order valence-electron chi connectivity index (χ4n) is 3.53. The summed E-state index contributed by atoms with van der Waals surface area (Å²) in [6, 6.07) is 13.8. The van der Waals surface area contributed by atoms with Crippen molar-refractivity contribution in [2.24, 2.45) is 5.92 Å². The molecular weight excluding hydrogens is 372 g/mol. The molecule has 2 amide bonds. The van der Waals surface area contributed by atoms with Crippen LogP contribution in [0.4, 0.5) is 5.69 Å². The smallest absolute Gasteiger partial charge is 0.335 e. The van der Waals surface area contributed by atoms with Crippen LogP contribution in [0, 0.1) is 5.92 Å². The summed E-state index contributed by atoms with van der Waals surface area (Å²) in [4.78, 5) is 38.2. The van der Waals surface area contributed by atoms with Gasteiger partial charge in [0.25, 0.3) is 0 Å². The van der Waals surface area contributed by atoms with Crippen molar-refractivity contribution in [1.82, 2.24) is 4.90 Å². The molecule has 1 fully saturated rings. The zero-order chi connectivity index (χ0) is 20.8. The fraction of sp³-hybridized carbons (Fsp3) is 0.318. The van der Waals surface area contributed by atoms with E-state index in [1.165, 1.54) is 6.07 Å². The van der Waals surface area contributed by atoms with E-state index in [0.29, 0.717) is 42.9 Å². The lowest BCUT2D eigenvalue weighted by atomic mass is 9.95. The lowest BCUT2D eigenvalue weighted by Gasteiger charge is -2.31. The number of likely N-dealkylation sites (tertiary alicyclic amines) is 1. The van der Waals surface area contributed by atoms with Gasteiger partial charge in [-0.1, -0.05) is 30.3 Å². The summed E-state index contributed by atoms with van der Waals surface area (Å²) in [7, 11) is 1.55. The topological polar surface area (TPSA) is 95.9 Å². The largest absolute Gasteiger partial charge is 0.495 e. The molecule has 0 atom stereocenters. The number of carbonyl (C=O) groups excluding carboxylic acids is 2. The molecule has 0 spiro atoms. The highest BCUT2D eigenvalue weighted by Gasteiger charge is 2.28. The van der Waals surface area contributed by atoms with E-state index in [4.69, 9.17) is 4.74 Å². The monoisotopic (exact) mass is 396 g/mol. The maximum absolute atomic E-state index is 12.6. The number of carboxylic acids is 1. The molecular formula is C22H24N2O5. The Bertz CT molecular complexity index is 904. The van der Waals surface area contributed by atoms with E-state index in [2.05, 4.69) is 5.32 Å². The van der Waals surface area contributed by atoms with Crippen LogP contribution in [-0.4, -0.2) is 48.0 Å². The first-order valence-corrected chi connectivity index (χ1v) is 9.52. The standard InChI is InChI=1S/C22H24N2O5/c1-29-19-9-5-4-8-18(19)23-21(26)15-10-12-24(13-11-15)20(25)14-16-6-2-3-7-17(16)22(27)28/h2-9,15H,10-14H2,1H3,(H,23,26)(H,27,28). The molecule has 0 unspecified atom stereocenters. The Hall–Kier alpha value is -3.35. The van der Waals surface area contributed by atoms with Gasteiger partial charge < -0.3 is 20.1 Å². The first-order valence-electron chi connectivity index (χ1n) is 9.52. The highest BCUT2D eigenvalue weighted by atomic mass is 16.5. The molecule has 1 aliphatic heterocycles. The average Bonchev–Trinajstić information content (AvgIpc) is 2.74. The second-order valence-electron chi connectivity index (χ2n) is 6.98. The highest BCUT2D eigenvalue weighted by Crippen LogP contribution is 2.26. The maximum Gasteiger partial charge on any atom is 0.335 e. The molecule has 2 N–H and O–H groups in total. The van der Waals surface area contributed by atoms with Gasteiger partial charge in [-0.05, 0) is 36.6 Å². The lowest BCUT2D eigenvalue weighted by Crippen LogP contribution is -2.42. The van der Waals surface area contributed by atoms with Gasteiger partial charge in [0.15, 0.2) is 0 Å². The summed E-state index contributed by atoms with van der Waals surface area (Å²) in [5.74, 6) is -0.832. The van der Waals surface area contributed by atoms with Crippen molar-refractivity contribution in [1.29, 1.82) is 0 Å². The number of methoxy groups -OCH3 is 1. The molecule has 1 heterocycles. The number of carboxylic acid groups (broad SMARTS) is 1. The number of ether oxygens (including phenoxy) is 1. The SMILES string of the molecule is COc1ccccc1NC(=O)C1CCN(C(=O)Cc2ccccc2C(=O)O)CC1. The van der Waals surface area contributed by atoms with E-state index in [0.717, 1.165) is 0 Å². The summed E-state index contributed by atoms with van der Waals surface area (Å²) in [5.41, 5.74) is 1.27. The van der Waals surface area contributed by atoms with Crippen molar-refractivity contribution >= 4 is 23.5 Å². The number of rotatable bonds is 6. The van der Waals surface area contributed by atoms with Gasteiger partial charge in [-0.15, -0.1) is 0 Å². The minimum Gasteiger partial charge on any atom is -0.495 e. The molecule has 7 nitrogen and oxygen atoms in total. The molecule has 29 heavy (non-hydrogen) atoms. The zero-order valence-corrected chi connectivity index (χ0v) is 16.3. The van der Waals surface area contributed by atoms with Crippen LogP contribution in [0.3, 0.4) is 0 Å². The van der Waals surface area contributed by atoms with Crippen molar-refractivity contribution in [2.45, 2.75) is 19.3 Å². The minimum atomic E-state index is -1.04. The van der Waals surface area contributed by atoms with Gasteiger partial charge in [-0.25, -0.2) is 4.79 Å². The second kappa shape index (κ2) is 9.23. The first kappa shape index (κ1) is 20.4. The predicted octanol–water partition coefficient (Wildman–Crippen LogP) is 2.81. The summed E-state index contributed by atoms with van der Waals surface area (Å²) >= 11 is 0. The van der Waals surface area contributed by atoms with Crippen molar-refractivity contribution in [3.05, 3.63) is 59.7 Å². The molecule has 152 valence electrons. The van der Waals surface area contributed by atoms with Crippen LogP contribution in [0.15, 0.2) is 48.5 Å². The summed E-state index contributed by atoms with van der Waals surface area (Å²) in [6.07, 6.45) is 1.17. The Labute approximate surface area is 169 Å². The number of piperidine rings is 1. The van der Waals surface area contributed by atoms with Crippen molar-refractivity contribution in [3.8, 4) is 5.75 Å². The van der Waals surface area contributed by atoms with Gasteiger partial charge in [0, 0.05) is 19.0 Å². The van der Waals surface area contributed by atoms with E-state index >= 15 is 0 Å². The Kier molecular flexibility index (Phi) is 6.49. The van der Waals surface area contributed by atoms with Crippen LogP contribution < -0.4 is 10.1 Å². The van der Waals surface area contributed by atoms with Crippen LogP contribution >= 0.6 is 0 Å². The highest BCUT2D eigenvalue weighted by molar-refractivity contribution is 5.94. The van der Waals surface area contributed by atoms with E-state index in [1.54, 1.807) is 42.3 Å². The Morgan fingerprint density at radius 2 is 1.72 bits per heavy atom. The summed E-state index contributed by atoms with van der Waals surface area (Å²) < 4.78 is 5.26. The number of carbonyl (C=O) groups is 3. The molecule has 1 aliphatic rings. The predicted molar refractivity (Wildman–Crippen MR) is 108 cm³/mol. The minimum absolute atomic E-state index is 0.0422. The number of amides is 2. The number of hydrogen-bond acceptors (Lipinski definition) is 4. The van der Waals surface area contributed by atoms with Crippen LogP contribution in [0.2, 0.25) is 0 Å². The molecule has 0 bridgehead atoms. The number of hydrogen-bond donors (Lipinski definition) is 2. The lowest BCUT2D eigenvalue weighted by molar-refractivity contribution is -0.133. The van der Waals surface area contributed by atoms with Gasteiger partial charge >= 0.3 is 5.97 Å². The molecule has 1 saturated heterocycles. The molecule has 7 heteroatoms. The third-order valence-corrected chi connectivity index (χ3v) is 5.17. The average molecular weight is 396 g/mol. The van der Waals surface area contributed by atoms with Crippen LogP contribution in [0.25, 0.3) is 0 Å². The van der Waals surface area contributed by atoms with E-state index in [1.807, 2.05) is 12.1 Å². The number of nitrogens with zero attached hydrogens (tertiary/aromatic N) is 1. The Balaban J connectivity index is 1.55. The van der Waals surface area contributed by atoms with Crippen molar-refractivity contribution in [2.75, 3.05) is 25.5 Å². The number of anilines is 1. The van der Waals surface area contributed by atoms with Gasteiger partial charge in [0.05, 0.1) is 24.8 Å².